The average molecular weight is 409 g/mol. The van der Waals surface area contributed by atoms with E-state index in [-0.39, 0.29) is 17.0 Å². The third-order valence-corrected chi connectivity index (χ3v) is 5.92. The van der Waals surface area contributed by atoms with Crippen molar-refractivity contribution in [1.82, 2.24) is 5.32 Å². The first-order valence-corrected chi connectivity index (χ1v) is 9.57. The average Bonchev–Trinajstić information content (AvgIpc) is 2.80. The Labute approximate surface area is 175 Å². The number of amides is 1. The maximum absolute atomic E-state index is 12.6. The van der Waals surface area contributed by atoms with Gasteiger partial charge in [0.1, 0.15) is 0 Å². The lowest BCUT2D eigenvalue weighted by atomic mass is 9.84. The molecular formula is C25H15NO5. The van der Waals surface area contributed by atoms with Crippen molar-refractivity contribution in [3.05, 3.63) is 70.8 Å². The third-order valence-electron chi connectivity index (χ3n) is 5.92. The standard InChI is InChI=1S/C25H15NO5/c1-26-24(29)18-8-6-16-14-4-2-12(10-27)20-13(11-28)3-5-15(21(14)20)17-7-9-19(25(30)31)23(18)22(16)17/h2-11H,1H3,(H,26,29)(H,30,31). The molecule has 0 saturated heterocycles. The Balaban J connectivity index is 2.15. The topological polar surface area (TPSA) is 101 Å². The molecule has 2 N–H and O–H groups in total. The third kappa shape index (κ3) is 2.39. The lowest BCUT2D eigenvalue weighted by Gasteiger charge is -2.18. The van der Waals surface area contributed by atoms with E-state index in [0.717, 1.165) is 39.5 Å². The van der Waals surface area contributed by atoms with Crippen LogP contribution in [0.3, 0.4) is 0 Å². The zero-order valence-electron chi connectivity index (χ0n) is 16.4. The monoisotopic (exact) mass is 409 g/mol. The summed E-state index contributed by atoms with van der Waals surface area (Å²) in [6, 6.07) is 13.5. The van der Waals surface area contributed by atoms with Crippen molar-refractivity contribution in [3.63, 3.8) is 0 Å². The van der Waals surface area contributed by atoms with E-state index in [1.165, 1.54) is 13.1 Å². The Morgan fingerprint density at radius 3 is 1.58 bits per heavy atom. The largest absolute Gasteiger partial charge is 0.478 e. The molecule has 0 bridgehead atoms. The molecule has 0 aromatic heterocycles. The number of carbonyl (C=O) groups is 4. The summed E-state index contributed by atoms with van der Waals surface area (Å²) in [7, 11) is 1.50. The van der Waals surface area contributed by atoms with Gasteiger partial charge in [0.05, 0.1) is 5.56 Å². The fourth-order valence-electron chi connectivity index (χ4n) is 4.64. The molecule has 0 unspecified atom stereocenters. The quantitative estimate of drug-likeness (QED) is 0.260. The number of carbonyl (C=O) groups excluding carboxylic acids is 3. The smallest absolute Gasteiger partial charge is 0.336 e. The molecule has 5 rings (SSSR count). The van der Waals surface area contributed by atoms with Crippen LogP contribution in [0.25, 0.3) is 43.1 Å². The van der Waals surface area contributed by atoms with Gasteiger partial charge in [0.2, 0.25) is 0 Å². The second-order valence-corrected chi connectivity index (χ2v) is 7.35. The Kier molecular flexibility index (Phi) is 3.98. The number of rotatable bonds is 4. The highest BCUT2D eigenvalue weighted by atomic mass is 16.4. The predicted molar refractivity (Wildman–Crippen MR) is 119 cm³/mol. The molecule has 6 heteroatoms. The van der Waals surface area contributed by atoms with E-state index < -0.39 is 5.97 Å². The second-order valence-electron chi connectivity index (χ2n) is 7.35. The first kappa shape index (κ1) is 18.7. The van der Waals surface area contributed by atoms with Gasteiger partial charge in [0.15, 0.2) is 12.6 Å². The molecule has 1 amide bonds. The van der Waals surface area contributed by atoms with Gasteiger partial charge >= 0.3 is 5.97 Å². The van der Waals surface area contributed by atoms with Crippen LogP contribution < -0.4 is 5.32 Å². The second kappa shape index (κ2) is 6.60. The Bertz CT molecular complexity index is 1540. The molecule has 0 aliphatic rings. The fraction of sp³-hybridized carbons (Fsp3) is 0.0400. The van der Waals surface area contributed by atoms with Crippen molar-refractivity contribution in [3.8, 4) is 0 Å². The van der Waals surface area contributed by atoms with Gasteiger partial charge in [0, 0.05) is 34.5 Å². The van der Waals surface area contributed by atoms with Gasteiger partial charge in [-0.25, -0.2) is 4.79 Å². The van der Waals surface area contributed by atoms with Crippen LogP contribution in [0.4, 0.5) is 0 Å². The Hall–Kier alpha value is -4.32. The van der Waals surface area contributed by atoms with Crippen LogP contribution in [0.2, 0.25) is 0 Å². The van der Waals surface area contributed by atoms with Crippen LogP contribution in [-0.2, 0) is 0 Å². The number of fused-ring (bicyclic) bond motifs is 2. The maximum Gasteiger partial charge on any atom is 0.336 e. The minimum absolute atomic E-state index is 0.0351. The van der Waals surface area contributed by atoms with Gasteiger partial charge < -0.3 is 10.4 Å². The highest BCUT2D eigenvalue weighted by molar-refractivity contribution is 6.37. The summed E-state index contributed by atoms with van der Waals surface area (Å²) in [6.45, 7) is 0. The Morgan fingerprint density at radius 1 is 0.677 bits per heavy atom. The van der Waals surface area contributed by atoms with Crippen LogP contribution in [-0.4, -0.2) is 36.6 Å². The summed E-state index contributed by atoms with van der Waals surface area (Å²) in [4.78, 5) is 48.0. The minimum Gasteiger partial charge on any atom is -0.478 e. The summed E-state index contributed by atoms with van der Waals surface area (Å²) in [5.41, 5.74) is 1.13. The van der Waals surface area contributed by atoms with Crippen LogP contribution in [0.15, 0.2) is 48.5 Å². The maximum atomic E-state index is 12.6. The molecular weight excluding hydrogens is 394 g/mol. The predicted octanol–water partition coefficient (Wildman–Crippen LogP) is 4.42. The highest BCUT2D eigenvalue weighted by Gasteiger charge is 2.23. The lowest BCUT2D eigenvalue weighted by molar-refractivity contribution is 0.0698. The number of aromatic carboxylic acids is 1. The van der Waals surface area contributed by atoms with Gasteiger partial charge in [-0.1, -0.05) is 36.4 Å². The van der Waals surface area contributed by atoms with Crippen molar-refractivity contribution in [2.75, 3.05) is 7.05 Å². The number of carboxylic acids is 1. The zero-order chi connectivity index (χ0) is 21.9. The molecule has 0 radical (unpaired) electrons. The number of hydrogen-bond donors (Lipinski definition) is 2. The van der Waals surface area contributed by atoms with E-state index in [1.54, 1.807) is 42.5 Å². The molecule has 6 nitrogen and oxygen atoms in total. The summed E-state index contributed by atoms with van der Waals surface area (Å²) >= 11 is 0. The van der Waals surface area contributed by atoms with Gasteiger partial charge in [-0.3, -0.25) is 14.4 Å². The lowest BCUT2D eigenvalue weighted by Crippen LogP contribution is -2.19. The van der Waals surface area contributed by atoms with Crippen molar-refractivity contribution in [1.29, 1.82) is 0 Å². The summed E-state index contributed by atoms with van der Waals surface area (Å²) < 4.78 is 0. The van der Waals surface area contributed by atoms with Crippen molar-refractivity contribution in [2.24, 2.45) is 0 Å². The zero-order valence-corrected chi connectivity index (χ0v) is 16.4. The molecule has 31 heavy (non-hydrogen) atoms. The molecule has 0 saturated carbocycles. The molecule has 0 aliphatic carbocycles. The molecule has 0 spiro atoms. The van der Waals surface area contributed by atoms with Crippen LogP contribution in [0.5, 0.6) is 0 Å². The molecule has 150 valence electrons. The first-order valence-electron chi connectivity index (χ1n) is 9.57. The summed E-state index contributed by atoms with van der Waals surface area (Å²) in [5, 5.41) is 17.8. The van der Waals surface area contributed by atoms with Gasteiger partial charge in [0.25, 0.3) is 5.91 Å². The Morgan fingerprint density at radius 2 is 1.13 bits per heavy atom. The molecule has 0 heterocycles. The number of carboxylic acid groups (broad SMARTS) is 1. The van der Waals surface area contributed by atoms with Crippen LogP contribution >= 0.6 is 0 Å². The van der Waals surface area contributed by atoms with Crippen LogP contribution in [0.1, 0.15) is 41.4 Å². The summed E-state index contributed by atoms with van der Waals surface area (Å²) in [5.74, 6) is -1.51. The number of nitrogens with one attached hydrogen (secondary N) is 1. The van der Waals surface area contributed by atoms with Gasteiger partial charge in [-0.15, -0.1) is 0 Å². The highest BCUT2D eigenvalue weighted by Crippen LogP contribution is 2.43. The van der Waals surface area contributed by atoms with E-state index in [9.17, 15) is 24.3 Å². The normalized spacial score (nSPS) is 11.4. The molecule has 0 fully saturated rings. The van der Waals surface area contributed by atoms with E-state index in [0.29, 0.717) is 27.3 Å². The summed E-state index contributed by atoms with van der Waals surface area (Å²) in [6.07, 6.45) is 1.45. The minimum atomic E-state index is -1.13. The number of aldehydes is 2. The SMILES string of the molecule is CNC(=O)c1ccc2c3ccc(C=O)c4c(C=O)ccc(c5ccc(C(=O)O)c1c52)c43. The van der Waals surface area contributed by atoms with Gasteiger partial charge in [-0.2, -0.15) is 0 Å². The van der Waals surface area contributed by atoms with E-state index >= 15 is 0 Å². The van der Waals surface area contributed by atoms with Crippen LogP contribution in [0, 0.1) is 0 Å². The molecule has 5 aromatic carbocycles. The molecule has 5 aromatic rings. The van der Waals surface area contributed by atoms with E-state index in [4.69, 9.17) is 0 Å². The molecule has 0 atom stereocenters. The van der Waals surface area contributed by atoms with Crippen molar-refractivity contribution >= 4 is 67.5 Å². The number of benzene rings is 5. The first-order chi connectivity index (χ1) is 15.0. The van der Waals surface area contributed by atoms with Crippen molar-refractivity contribution < 1.29 is 24.3 Å². The fourth-order valence-corrected chi connectivity index (χ4v) is 4.64. The number of hydrogen-bond acceptors (Lipinski definition) is 4. The van der Waals surface area contributed by atoms with E-state index in [2.05, 4.69) is 5.32 Å². The van der Waals surface area contributed by atoms with E-state index in [1.807, 2.05) is 0 Å². The van der Waals surface area contributed by atoms with Crippen molar-refractivity contribution in [2.45, 2.75) is 0 Å². The molecule has 0 aliphatic heterocycles. The van der Waals surface area contributed by atoms with Gasteiger partial charge in [-0.05, 0) is 44.5 Å².